The SMILES string of the molecule is NNC(=O)c1ccc(N2CCOCC2)nc1. The summed E-state index contributed by atoms with van der Waals surface area (Å²) in [4.78, 5) is 17.5. The summed E-state index contributed by atoms with van der Waals surface area (Å²) in [5.74, 6) is 5.56. The van der Waals surface area contributed by atoms with Crippen LogP contribution in [0.15, 0.2) is 18.3 Å². The van der Waals surface area contributed by atoms with Crippen molar-refractivity contribution in [2.45, 2.75) is 0 Å². The molecule has 1 aliphatic rings. The molecule has 2 heterocycles. The Bertz CT molecular complexity index is 360. The zero-order chi connectivity index (χ0) is 11.4. The van der Waals surface area contributed by atoms with Crippen LogP contribution in [0.2, 0.25) is 0 Å². The van der Waals surface area contributed by atoms with Crippen LogP contribution in [0.5, 0.6) is 0 Å². The molecule has 1 saturated heterocycles. The number of hydrogen-bond donors (Lipinski definition) is 2. The van der Waals surface area contributed by atoms with Gasteiger partial charge in [0, 0.05) is 19.3 Å². The number of rotatable bonds is 2. The van der Waals surface area contributed by atoms with Gasteiger partial charge in [0.2, 0.25) is 0 Å². The number of aromatic nitrogens is 1. The van der Waals surface area contributed by atoms with E-state index < -0.39 is 0 Å². The van der Waals surface area contributed by atoms with Crippen molar-refractivity contribution in [3.63, 3.8) is 0 Å². The maximum absolute atomic E-state index is 11.2. The van der Waals surface area contributed by atoms with E-state index in [2.05, 4.69) is 15.3 Å². The number of anilines is 1. The highest BCUT2D eigenvalue weighted by molar-refractivity contribution is 5.93. The van der Waals surface area contributed by atoms with Crippen molar-refractivity contribution in [3.05, 3.63) is 23.9 Å². The quantitative estimate of drug-likeness (QED) is 0.401. The van der Waals surface area contributed by atoms with Crippen LogP contribution in [0.25, 0.3) is 0 Å². The molecule has 1 amide bonds. The van der Waals surface area contributed by atoms with Gasteiger partial charge in [-0.25, -0.2) is 10.8 Å². The number of carbonyl (C=O) groups is 1. The molecule has 1 aromatic heterocycles. The van der Waals surface area contributed by atoms with Gasteiger partial charge in [-0.3, -0.25) is 10.2 Å². The summed E-state index contributed by atoms with van der Waals surface area (Å²) < 4.78 is 5.25. The van der Waals surface area contributed by atoms with Crippen LogP contribution < -0.4 is 16.2 Å². The molecular formula is C10H14N4O2. The van der Waals surface area contributed by atoms with Gasteiger partial charge in [0.15, 0.2) is 0 Å². The lowest BCUT2D eigenvalue weighted by atomic mass is 10.2. The van der Waals surface area contributed by atoms with E-state index in [4.69, 9.17) is 10.6 Å². The molecule has 1 aliphatic heterocycles. The van der Waals surface area contributed by atoms with Crippen molar-refractivity contribution in [1.29, 1.82) is 0 Å². The van der Waals surface area contributed by atoms with Gasteiger partial charge in [0.25, 0.3) is 5.91 Å². The zero-order valence-electron chi connectivity index (χ0n) is 8.85. The Kier molecular flexibility index (Phi) is 3.33. The average Bonchev–Trinajstić information content (AvgIpc) is 2.39. The molecule has 2 rings (SSSR count). The predicted octanol–water partition coefficient (Wildman–Crippen LogP) is -0.478. The van der Waals surface area contributed by atoms with E-state index in [1.165, 1.54) is 6.20 Å². The van der Waals surface area contributed by atoms with Gasteiger partial charge in [-0.2, -0.15) is 0 Å². The number of hydrazine groups is 1. The first kappa shape index (κ1) is 10.8. The first-order chi connectivity index (χ1) is 7.81. The fourth-order valence-electron chi connectivity index (χ4n) is 1.58. The third-order valence-corrected chi connectivity index (χ3v) is 2.48. The number of nitrogens with one attached hydrogen (secondary N) is 1. The van der Waals surface area contributed by atoms with E-state index in [1.54, 1.807) is 6.07 Å². The molecule has 0 atom stereocenters. The third-order valence-electron chi connectivity index (χ3n) is 2.48. The van der Waals surface area contributed by atoms with Gasteiger partial charge in [-0.1, -0.05) is 0 Å². The Morgan fingerprint density at radius 1 is 1.44 bits per heavy atom. The molecular weight excluding hydrogens is 208 g/mol. The summed E-state index contributed by atoms with van der Waals surface area (Å²) in [5.41, 5.74) is 2.53. The van der Waals surface area contributed by atoms with Crippen molar-refractivity contribution in [1.82, 2.24) is 10.4 Å². The molecule has 0 spiro atoms. The summed E-state index contributed by atoms with van der Waals surface area (Å²) in [6, 6.07) is 3.52. The van der Waals surface area contributed by atoms with Gasteiger partial charge < -0.3 is 9.64 Å². The van der Waals surface area contributed by atoms with Crippen LogP contribution in [0.4, 0.5) is 5.82 Å². The lowest BCUT2D eigenvalue weighted by molar-refractivity contribution is 0.0953. The number of nitrogens with two attached hydrogens (primary N) is 1. The summed E-state index contributed by atoms with van der Waals surface area (Å²) in [7, 11) is 0. The molecule has 0 unspecified atom stereocenters. The largest absolute Gasteiger partial charge is 0.378 e. The van der Waals surface area contributed by atoms with Crippen molar-refractivity contribution in [2.24, 2.45) is 5.84 Å². The van der Waals surface area contributed by atoms with Gasteiger partial charge in [0.05, 0.1) is 18.8 Å². The van der Waals surface area contributed by atoms with E-state index in [-0.39, 0.29) is 5.91 Å². The number of carbonyl (C=O) groups excluding carboxylic acids is 1. The minimum absolute atomic E-state index is 0.332. The molecule has 0 aromatic carbocycles. The zero-order valence-corrected chi connectivity index (χ0v) is 8.85. The van der Waals surface area contributed by atoms with E-state index in [0.29, 0.717) is 18.8 Å². The van der Waals surface area contributed by atoms with Crippen LogP contribution in [0, 0.1) is 0 Å². The molecule has 0 aliphatic carbocycles. The maximum Gasteiger partial charge on any atom is 0.266 e. The Labute approximate surface area is 93.4 Å². The standard InChI is InChI=1S/C10H14N4O2/c11-13-10(15)8-1-2-9(12-7-8)14-3-5-16-6-4-14/h1-2,7H,3-6,11H2,(H,13,15). The molecule has 6 heteroatoms. The molecule has 6 nitrogen and oxygen atoms in total. The summed E-state index contributed by atoms with van der Waals surface area (Å²) in [6.07, 6.45) is 1.52. The summed E-state index contributed by atoms with van der Waals surface area (Å²) in [6.45, 7) is 3.09. The second-order valence-corrected chi connectivity index (χ2v) is 3.48. The maximum atomic E-state index is 11.2. The minimum atomic E-state index is -0.332. The van der Waals surface area contributed by atoms with E-state index in [1.807, 2.05) is 6.07 Å². The molecule has 86 valence electrons. The number of morpholine rings is 1. The van der Waals surface area contributed by atoms with Crippen LogP contribution in [-0.2, 0) is 4.74 Å². The topological polar surface area (TPSA) is 80.5 Å². The smallest absolute Gasteiger partial charge is 0.266 e. The highest BCUT2D eigenvalue weighted by atomic mass is 16.5. The van der Waals surface area contributed by atoms with E-state index in [9.17, 15) is 4.79 Å². The van der Waals surface area contributed by atoms with Gasteiger partial charge in [-0.15, -0.1) is 0 Å². The highest BCUT2D eigenvalue weighted by Crippen LogP contribution is 2.12. The van der Waals surface area contributed by atoms with Gasteiger partial charge >= 0.3 is 0 Å². The molecule has 1 aromatic rings. The average molecular weight is 222 g/mol. The second kappa shape index (κ2) is 4.91. The fourth-order valence-corrected chi connectivity index (χ4v) is 1.58. The number of pyridine rings is 1. The summed E-state index contributed by atoms with van der Waals surface area (Å²) >= 11 is 0. The normalized spacial score (nSPS) is 15.9. The van der Waals surface area contributed by atoms with Crippen molar-refractivity contribution in [3.8, 4) is 0 Å². The summed E-state index contributed by atoms with van der Waals surface area (Å²) in [5, 5.41) is 0. The van der Waals surface area contributed by atoms with E-state index in [0.717, 1.165) is 18.9 Å². The Morgan fingerprint density at radius 3 is 2.75 bits per heavy atom. The number of hydrogen-bond acceptors (Lipinski definition) is 5. The first-order valence-corrected chi connectivity index (χ1v) is 5.11. The van der Waals surface area contributed by atoms with Crippen LogP contribution in [0.3, 0.4) is 0 Å². The van der Waals surface area contributed by atoms with Gasteiger partial charge in [0.1, 0.15) is 5.82 Å². The number of amides is 1. The van der Waals surface area contributed by atoms with Gasteiger partial charge in [-0.05, 0) is 12.1 Å². The Balaban J connectivity index is 2.09. The first-order valence-electron chi connectivity index (χ1n) is 5.11. The van der Waals surface area contributed by atoms with Crippen LogP contribution >= 0.6 is 0 Å². The fraction of sp³-hybridized carbons (Fsp3) is 0.400. The molecule has 0 bridgehead atoms. The number of nitrogen functional groups attached to an aromatic ring is 1. The lowest BCUT2D eigenvalue weighted by Crippen LogP contribution is -2.36. The van der Waals surface area contributed by atoms with Crippen molar-refractivity contribution in [2.75, 3.05) is 31.2 Å². The Morgan fingerprint density at radius 2 is 2.19 bits per heavy atom. The highest BCUT2D eigenvalue weighted by Gasteiger charge is 2.12. The third kappa shape index (κ3) is 2.29. The number of nitrogens with zero attached hydrogens (tertiary/aromatic N) is 2. The van der Waals surface area contributed by atoms with E-state index >= 15 is 0 Å². The minimum Gasteiger partial charge on any atom is -0.378 e. The van der Waals surface area contributed by atoms with Crippen LogP contribution in [0.1, 0.15) is 10.4 Å². The molecule has 1 fully saturated rings. The van der Waals surface area contributed by atoms with Crippen molar-refractivity contribution < 1.29 is 9.53 Å². The molecule has 0 radical (unpaired) electrons. The Hall–Kier alpha value is -1.66. The molecule has 3 N–H and O–H groups in total. The second-order valence-electron chi connectivity index (χ2n) is 3.48. The molecule has 0 saturated carbocycles. The lowest BCUT2D eigenvalue weighted by Gasteiger charge is -2.27. The van der Waals surface area contributed by atoms with Crippen molar-refractivity contribution >= 4 is 11.7 Å². The predicted molar refractivity (Wildman–Crippen MR) is 58.9 cm³/mol. The monoisotopic (exact) mass is 222 g/mol. The number of ether oxygens (including phenoxy) is 1. The molecule has 16 heavy (non-hydrogen) atoms. The van der Waals surface area contributed by atoms with Crippen LogP contribution in [-0.4, -0.2) is 37.2 Å².